The average Bonchev–Trinajstić information content (AvgIpc) is 3.15. The normalized spacial score (nSPS) is 14.5. The number of methoxy groups -OCH3 is 1. The largest absolute Gasteiger partial charge is 0.397 e. The summed E-state index contributed by atoms with van der Waals surface area (Å²) in [7, 11) is 1.66. The van der Waals surface area contributed by atoms with Crippen molar-refractivity contribution in [3.05, 3.63) is 28.3 Å². The molecule has 0 atom stereocenters. The molecule has 6 nitrogen and oxygen atoms in total. The van der Waals surface area contributed by atoms with Gasteiger partial charge < -0.3 is 15.4 Å². The van der Waals surface area contributed by atoms with E-state index in [1.54, 1.807) is 13.2 Å². The van der Waals surface area contributed by atoms with Gasteiger partial charge in [0.15, 0.2) is 0 Å². The maximum Gasteiger partial charge on any atom is 0.271 e. The number of rotatable bonds is 6. The molecule has 1 aromatic carbocycles. The molecule has 1 aromatic rings. The van der Waals surface area contributed by atoms with E-state index in [1.165, 1.54) is 12.1 Å². The molecule has 6 heteroatoms. The highest BCUT2D eigenvalue weighted by atomic mass is 16.6. The lowest BCUT2D eigenvalue weighted by Gasteiger charge is -2.25. The Labute approximate surface area is 105 Å². The SMILES string of the molecule is COCCN(c1ccc([N+](=O)[O-])cc1N)C1CC1. The van der Waals surface area contributed by atoms with Crippen molar-refractivity contribution in [2.45, 2.75) is 18.9 Å². The Balaban J connectivity index is 2.21. The van der Waals surface area contributed by atoms with Crippen LogP contribution in [-0.4, -0.2) is 31.2 Å². The van der Waals surface area contributed by atoms with Crippen LogP contribution in [0.4, 0.5) is 17.1 Å². The van der Waals surface area contributed by atoms with Gasteiger partial charge in [0.2, 0.25) is 0 Å². The highest BCUT2D eigenvalue weighted by Gasteiger charge is 2.30. The lowest BCUT2D eigenvalue weighted by molar-refractivity contribution is -0.384. The van der Waals surface area contributed by atoms with E-state index in [0.29, 0.717) is 18.3 Å². The van der Waals surface area contributed by atoms with Crippen LogP contribution in [-0.2, 0) is 4.74 Å². The summed E-state index contributed by atoms with van der Waals surface area (Å²) in [6, 6.07) is 5.12. The molecule has 18 heavy (non-hydrogen) atoms. The standard InChI is InChI=1S/C12H17N3O3/c1-18-7-6-14(9-2-3-9)12-5-4-10(15(16)17)8-11(12)13/h4-5,8-9H,2-3,6-7,13H2,1H3. The smallest absolute Gasteiger partial charge is 0.271 e. The number of nitrogens with zero attached hydrogens (tertiary/aromatic N) is 2. The van der Waals surface area contributed by atoms with E-state index in [4.69, 9.17) is 10.5 Å². The second-order valence-electron chi connectivity index (χ2n) is 4.42. The summed E-state index contributed by atoms with van der Waals surface area (Å²) in [6.45, 7) is 1.37. The molecule has 0 radical (unpaired) electrons. The summed E-state index contributed by atoms with van der Waals surface area (Å²) >= 11 is 0. The molecule has 0 saturated heterocycles. The number of nitro groups is 1. The van der Waals surface area contributed by atoms with E-state index in [9.17, 15) is 10.1 Å². The first-order chi connectivity index (χ1) is 8.63. The number of nitrogens with two attached hydrogens (primary N) is 1. The molecule has 2 N–H and O–H groups in total. The highest BCUT2D eigenvalue weighted by molar-refractivity contribution is 5.71. The summed E-state index contributed by atoms with van der Waals surface area (Å²) in [5, 5.41) is 10.7. The molecule has 0 unspecified atom stereocenters. The lowest BCUT2D eigenvalue weighted by atomic mass is 10.2. The summed E-state index contributed by atoms with van der Waals surface area (Å²) in [4.78, 5) is 12.4. The van der Waals surface area contributed by atoms with Gasteiger partial charge in [-0.15, -0.1) is 0 Å². The van der Waals surface area contributed by atoms with E-state index >= 15 is 0 Å². The molecule has 2 rings (SSSR count). The van der Waals surface area contributed by atoms with Crippen LogP contribution in [0.2, 0.25) is 0 Å². The van der Waals surface area contributed by atoms with Gasteiger partial charge in [0.1, 0.15) is 0 Å². The van der Waals surface area contributed by atoms with Crippen LogP contribution >= 0.6 is 0 Å². The summed E-state index contributed by atoms with van der Waals surface area (Å²) in [5.74, 6) is 0. The fourth-order valence-corrected chi connectivity index (χ4v) is 1.99. The maximum atomic E-state index is 10.7. The molecule has 0 heterocycles. The van der Waals surface area contributed by atoms with Gasteiger partial charge in [-0.05, 0) is 18.9 Å². The second-order valence-corrected chi connectivity index (χ2v) is 4.42. The van der Waals surface area contributed by atoms with Crippen molar-refractivity contribution < 1.29 is 9.66 Å². The van der Waals surface area contributed by atoms with Crippen LogP contribution < -0.4 is 10.6 Å². The number of nitro benzene ring substituents is 1. The van der Waals surface area contributed by atoms with Gasteiger partial charge >= 0.3 is 0 Å². The predicted octanol–water partition coefficient (Wildman–Crippen LogP) is 1.79. The van der Waals surface area contributed by atoms with Gasteiger partial charge in [-0.1, -0.05) is 0 Å². The van der Waals surface area contributed by atoms with Gasteiger partial charge in [-0.25, -0.2) is 0 Å². The summed E-state index contributed by atoms with van der Waals surface area (Å²) in [5.41, 5.74) is 7.25. The Hall–Kier alpha value is -1.82. The molecular formula is C12H17N3O3. The molecular weight excluding hydrogens is 234 g/mol. The van der Waals surface area contributed by atoms with Gasteiger partial charge in [0, 0.05) is 31.8 Å². The highest BCUT2D eigenvalue weighted by Crippen LogP contribution is 2.35. The number of ether oxygens (including phenoxy) is 1. The summed E-state index contributed by atoms with van der Waals surface area (Å²) in [6.07, 6.45) is 2.28. The van der Waals surface area contributed by atoms with E-state index in [0.717, 1.165) is 25.1 Å². The zero-order chi connectivity index (χ0) is 13.1. The van der Waals surface area contributed by atoms with Crippen LogP contribution in [0.1, 0.15) is 12.8 Å². The van der Waals surface area contributed by atoms with Crippen LogP contribution in [0.25, 0.3) is 0 Å². The van der Waals surface area contributed by atoms with Crippen LogP contribution in [0.15, 0.2) is 18.2 Å². The topological polar surface area (TPSA) is 81.6 Å². The lowest BCUT2D eigenvalue weighted by Crippen LogP contribution is -2.30. The summed E-state index contributed by atoms with van der Waals surface area (Å²) < 4.78 is 5.08. The van der Waals surface area contributed by atoms with Gasteiger partial charge in [-0.2, -0.15) is 0 Å². The van der Waals surface area contributed by atoms with Crippen molar-refractivity contribution in [1.82, 2.24) is 0 Å². The minimum absolute atomic E-state index is 0.0266. The van der Waals surface area contributed by atoms with Crippen LogP contribution in [0, 0.1) is 10.1 Å². The minimum Gasteiger partial charge on any atom is -0.397 e. The van der Waals surface area contributed by atoms with Gasteiger partial charge in [0.25, 0.3) is 5.69 Å². The van der Waals surface area contributed by atoms with E-state index < -0.39 is 4.92 Å². The monoisotopic (exact) mass is 251 g/mol. The number of anilines is 2. The Morgan fingerprint density at radius 3 is 2.78 bits per heavy atom. The van der Waals surface area contributed by atoms with E-state index in [2.05, 4.69) is 4.90 Å². The fourth-order valence-electron chi connectivity index (χ4n) is 1.99. The molecule has 1 aliphatic rings. The third kappa shape index (κ3) is 2.70. The molecule has 0 aromatic heterocycles. The van der Waals surface area contributed by atoms with Gasteiger partial charge in [-0.3, -0.25) is 10.1 Å². The Morgan fingerprint density at radius 2 is 2.28 bits per heavy atom. The van der Waals surface area contributed by atoms with Gasteiger partial charge in [0.05, 0.1) is 22.9 Å². The Bertz CT molecular complexity index is 446. The molecule has 0 aliphatic heterocycles. The van der Waals surface area contributed by atoms with E-state index in [-0.39, 0.29) is 5.69 Å². The fraction of sp³-hybridized carbons (Fsp3) is 0.500. The number of hydrogen-bond donors (Lipinski definition) is 1. The second kappa shape index (κ2) is 5.22. The predicted molar refractivity (Wildman–Crippen MR) is 69.8 cm³/mol. The van der Waals surface area contributed by atoms with Crippen molar-refractivity contribution >= 4 is 17.1 Å². The van der Waals surface area contributed by atoms with Crippen molar-refractivity contribution in [3.8, 4) is 0 Å². The maximum absolute atomic E-state index is 10.7. The molecule has 1 saturated carbocycles. The van der Waals surface area contributed by atoms with Crippen molar-refractivity contribution in [1.29, 1.82) is 0 Å². The average molecular weight is 251 g/mol. The zero-order valence-electron chi connectivity index (χ0n) is 10.3. The third-order valence-corrected chi connectivity index (χ3v) is 3.06. The van der Waals surface area contributed by atoms with Crippen molar-refractivity contribution in [2.24, 2.45) is 0 Å². The van der Waals surface area contributed by atoms with Crippen LogP contribution in [0.5, 0.6) is 0 Å². The van der Waals surface area contributed by atoms with Crippen molar-refractivity contribution in [3.63, 3.8) is 0 Å². The molecule has 1 fully saturated rings. The quantitative estimate of drug-likeness (QED) is 0.473. The molecule has 0 bridgehead atoms. The molecule has 98 valence electrons. The number of benzene rings is 1. The van der Waals surface area contributed by atoms with Crippen LogP contribution in [0.3, 0.4) is 0 Å². The molecule has 0 spiro atoms. The first kappa shape index (κ1) is 12.6. The molecule has 1 aliphatic carbocycles. The Kier molecular flexibility index (Phi) is 3.66. The third-order valence-electron chi connectivity index (χ3n) is 3.06. The number of nitrogen functional groups attached to an aromatic ring is 1. The number of non-ortho nitro benzene ring substituents is 1. The van der Waals surface area contributed by atoms with Crippen molar-refractivity contribution in [2.75, 3.05) is 30.9 Å². The first-order valence-corrected chi connectivity index (χ1v) is 5.93. The minimum atomic E-state index is -0.434. The molecule has 0 amide bonds. The van der Waals surface area contributed by atoms with E-state index in [1.807, 2.05) is 0 Å². The Morgan fingerprint density at radius 1 is 1.56 bits per heavy atom. The number of hydrogen-bond acceptors (Lipinski definition) is 5. The zero-order valence-corrected chi connectivity index (χ0v) is 10.3. The first-order valence-electron chi connectivity index (χ1n) is 5.93.